The van der Waals surface area contributed by atoms with Crippen LogP contribution >= 0.6 is 11.6 Å². The number of carbonyl (C=O) groups excluding carboxylic acids is 1. The van der Waals surface area contributed by atoms with E-state index < -0.39 is 0 Å². The van der Waals surface area contributed by atoms with Crippen LogP contribution in [0.1, 0.15) is 41.1 Å². The molecule has 3 heterocycles. The van der Waals surface area contributed by atoms with E-state index in [2.05, 4.69) is 10.1 Å². The summed E-state index contributed by atoms with van der Waals surface area (Å²) in [6.45, 7) is 0.773. The van der Waals surface area contributed by atoms with E-state index in [1.54, 1.807) is 36.3 Å². The number of carbonyl (C=O) groups is 1. The molecule has 9 heteroatoms. The Morgan fingerprint density at radius 3 is 2.77 bits per heavy atom. The maximum absolute atomic E-state index is 12.8. The van der Waals surface area contributed by atoms with Crippen molar-refractivity contribution in [2.45, 2.75) is 24.8 Å². The van der Waals surface area contributed by atoms with E-state index in [1.807, 2.05) is 0 Å². The molecule has 1 saturated carbocycles. The van der Waals surface area contributed by atoms with Crippen molar-refractivity contribution >= 4 is 17.5 Å². The van der Waals surface area contributed by atoms with Gasteiger partial charge in [0.05, 0.1) is 24.5 Å². The SMILES string of the molecule is COc1cc(Cl)ccc1-c1ccc(=O)n(C2CN(C(=O)c3ocnc3C3CC3)C2)n1. The molecule has 1 aromatic carbocycles. The van der Waals surface area contributed by atoms with E-state index in [9.17, 15) is 9.59 Å². The molecule has 2 aromatic heterocycles. The second-order valence-electron chi connectivity index (χ2n) is 7.55. The van der Waals surface area contributed by atoms with E-state index in [1.165, 1.54) is 17.1 Å². The lowest BCUT2D eigenvalue weighted by molar-refractivity contribution is 0.0460. The third-order valence-electron chi connectivity index (χ3n) is 5.51. The molecule has 0 unspecified atom stereocenters. The number of aromatic nitrogens is 3. The summed E-state index contributed by atoms with van der Waals surface area (Å²) in [6, 6.07) is 8.18. The van der Waals surface area contributed by atoms with Crippen molar-refractivity contribution in [1.82, 2.24) is 19.7 Å². The Morgan fingerprint density at radius 1 is 1.23 bits per heavy atom. The van der Waals surface area contributed by atoms with E-state index in [-0.39, 0.29) is 17.5 Å². The molecule has 1 amide bonds. The molecule has 154 valence electrons. The van der Waals surface area contributed by atoms with Gasteiger partial charge in [-0.15, -0.1) is 0 Å². The molecule has 0 N–H and O–H groups in total. The highest BCUT2D eigenvalue weighted by Crippen LogP contribution is 2.41. The Morgan fingerprint density at radius 2 is 2.03 bits per heavy atom. The lowest BCUT2D eigenvalue weighted by Gasteiger charge is -2.38. The Balaban J connectivity index is 1.36. The van der Waals surface area contributed by atoms with Crippen molar-refractivity contribution in [3.05, 3.63) is 63.6 Å². The minimum Gasteiger partial charge on any atom is -0.496 e. The zero-order valence-corrected chi connectivity index (χ0v) is 17.0. The lowest BCUT2D eigenvalue weighted by atomic mass is 10.1. The van der Waals surface area contributed by atoms with Gasteiger partial charge in [-0.25, -0.2) is 9.67 Å². The number of halogens is 1. The van der Waals surface area contributed by atoms with Gasteiger partial charge >= 0.3 is 0 Å². The van der Waals surface area contributed by atoms with Crippen molar-refractivity contribution in [3.8, 4) is 17.0 Å². The van der Waals surface area contributed by atoms with Crippen molar-refractivity contribution in [2.24, 2.45) is 0 Å². The van der Waals surface area contributed by atoms with E-state index in [0.717, 1.165) is 24.1 Å². The van der Waals surface area contributed by atoms with E-state index in [4.69, 9.17) is 20.8 Å². The molecule has 0 spiro atoms. The van der Waals surface area contributed by atoms with Crippen LogP contribution in [0.15, 0.2) is 45.9 Å². The van der Waals surface area contributed by atoms with Crippen molar-refractivity contribution in [3.63, 3.8) is 0 Å². The van der Waals surface area contributed by atoms with Crippen LogP contribution in [0.3, 0.4) is 0 Å². The molecule has 3 aromatic rings. The Kier molecular flexibility index (Phi) is 4.58. The van der Waals surface area contributed by atoms with Gasteiger partial charge in [0.15, 0.2) is 6.39 Å². The van der Waals surface area contributed by atoms with E-state index in [0.29, 0.717) is 41.2 Å². The Bertz CT molecular complexity index is 1180. The first-order valence-corrected chi connectivity index (χ1v) is 10.1. The highest BCUT2D eigenvalue weighted by atomic mass is 35.5. The first kappa shape index (κ1) is 18.9. The fourth-order valence-corrected chi connectivity index (χ4v) is 3.85. The third kappa shape index (κ3) is 3.27. The van der Waals surface area contributed by atoms with Crippen LogP contribution in [-0.4, -0.2) is 45.8 Å². The highest BCUT2D eigenvalue weighted by molar-refractivity contribution is 6.30. The van der Waals surface area contributed by atoms with E-state index >= 15 is 0 Å². The minimum absolute atomic E-state index is 0.186. The van der Waals surface area contributed by atoms with Crippen LogP contribution in [0.5, 0.6) is 5.75 Å². The normalized spacial score (nSPS) is 16.4. The number of nitrogens with zero attached hydrogens (tertiary/aromatic N) is 4. The smallest absolute Gasteiger partial charge is 0.291 e. The fraction of sp³-hybridized carbons (Fsp3) is 0.333. The first-order chi connectivity index (χ1) is 14.5. The van der Waals surface area contributed by atoms with Gasteiger partial charge in [-0.05, 0) is 37.1 Å². The van der Waals surface area contributed by atoms with Gasteiger partial charge in [-0.2, -0.15) is 5.10 Å². The predicted molar refractivity (Wildman–Crippen MR) is 109 cm³/mol. The molecule has 0 atom stereocenters. The number of benzene rings is 1. The Labute approximate surface area is 177 Å². The van der Waals surface area contributed by atoms with Crippen LogP contribution in [0.25, 0.3) is 11.3 Å². The van der Waals surface area contributed by atoms with Crippen LogP contribution in [0.2, 0.25) is 5.02 Å². The molecule has 0 bridgehead atoms. The number of ether oxygens (including phenoxy) is 1. The molecule has 5 rings (SSSR count). The average molecular weight is 427 g/mol. The molecule has 8 nitrogen and oxygen atoms in total. The van der Waals surface area contributed by atoms with Gasteiger partial charge in [0.2, 0.25) is 5.76 Å². The molecule has 1 aliphatic carbocycles. The molecule has 2 aliphatic rings. The summed E-state index contributed by atoms with van der Waals surface area (Å²) >= 11 is 6.04. The Hall–Kier alpha value is -3.13. The van der Waals surface area contributed by atoms with Crippen LogP contribution < -0.4 is 10.3 Å². The summed E-state index contributed by atoms with van der Waals surface area (Å²) in [5.41, 5.74) is 1.86. The summed E-state index contributed by atoms with van der Waals surface area (Å²) in [5, 5.41) is 5.07. The maximum Gasteiger partial charge on any atom is 0.291 e. The number of oxazole rings is 1. The molecule has 0 radical (unpaired) electrons. The summed E-state index contributed by atoms with van der Waals surface area (Å²) in [7, 11) is 1.56. The zero-order chi connectivity index (χ0) is 20.8. The molecular formula is C21H19ClN4O4. The van der Waals surface area contributed by atoms with Gasteiger partial charge in [-0.3, -0.25) is 9.59 Å². The predicted octanol–water partition coefficient (Wildman–Crippen LogP) is 3.13. The van der Waals surface area contributed by atoms with Crippen molar-refractivity contribution < 1.29 is 13.9 Å². The highest BCUT2D eigenvalue weighted by Gasteiger charge is 2.39. The topological polar surface area (TPSA) is 90.5 Å². The largest absolute Gasteiger partial charge is 0.496 e. The first-order valence-electron chi connectivity index (χ1n) is 9.71. The zero-order valence-electron chi connectivity index (χ0n) is 16.2. The summed E-state index contributed by atoms with van der Waals surface area (Å²) < 4.78 is 12.2. The van der Waals surface area contributed by atoms with Crippen LogP contribution in [0, 0.1) is 0 Å². The second kappa shape index (κ2) is 7.28. The van der Waals surface area contributed by atoms with Crippen LogP contribution in [0.4, 0.5) is 0 Å². The average Bonchev–Trinajstić information content (AvgIpc) is 3.44. The molecule has 30 heavy (non-hydrogen) atoms. The van der Waals surface area contributed by atoms with Gasteiger partial charge in [0, 0.05) is 35.7 Å². The van der Waals surface area contributed by atoms with Crippen molar-refractivity contribution in [2.75, 3.05) is 20.2 Å². The summed E-state index contributed by atoms with van der Waals surface area (Å²) in [5.74, 6) is 1.03. The quantitative estimate of drug-likeness (QED) is 0.622. The lowest BCUT2D eigenvalue weighted by Crippen LogP contribution is -2.53. The maximum atomic E-state index is 12.8. The molecule has 1 aliphatic heterocycles. The molecular weight excluding hydrogens is 408 g/mol. The van der Waals surface area contributed by atoms with Gasteiger partial charge in [-0.1, -0.05) is 11.6 Å². The van der Waals surface area contributed by atoms with Gasteiger partial charge in [0.1, 0.15) is 5.75 Å². The molecule has 1 saturated heterocycles. The number of hydrogen-bond donors (Lipinski definition) is 0. The number of amides is 1. The minimum atomic E-state index is -0.220. The van der Waals surface area contributed by atoms with Gasteiger partial charge in [0.25, 0.3) is 11.5 Å². The van der Waals surface area contributed by atoms with Crippen molar-refractivity contribution in [1.29, 1.82) is 0 Å². The standard InChI is InChI=1S/C21H19ClN4O4/c1-29-17-8-13(22)4-5-15(17)16-6-7-18(27)26(24-16)14-9-25(10-14)21(28)20-19(12-2-3-12)23-11-30-20/h4-8,11-12,14H,2-3,9-10H2,1H3. The fourth-order valence-electron chi connectivity index (χ4n) is 3.69. The second-order valence-corrected chi connectivity index (χ2v) is 7.99. The number of rotatable bonds is 5. The summed E-state index contributed by atoms with van der Waals surface area (Å²) in [4.78, 5) is 31.0. The molecule has 2 fully saturated rings. The van der Waals surface area contributed by atoms with Gasteiger partial charge < -0.3 is 14.1 Å². The number of methoxy groups -OCH3 is 1. The summed E-state index contributed by atoms with van der Waals surface area (Å²) in [6.07, 6.45) is 3.40. The monoisotopic (exact) mass is 426 g/mol. The third-order valence-corrected chi connectivity index (χ3v) is 5.75. The van der Waals surface area contributed by atoms with Crippen LogP contribution in [-0.2, 0) is 0 Å². The number of hydrogen-bond acceptors (Lipinski definition) is 6. The number of likely N-dealkylation sites (tertiary alicyclic amines) is 1.